The third-order valence-corrected chi connectivity index (χ3v) is 2.56. The quantitative estimate of drug-likeness (QED) is 0.373. The minimum absolute atomic E-state index is 0.00672. The van der Waals surface area contributed by atoms with E-state index >= 15 is 0 Å². The molecule has 104 valence electrons. The van der Waals surface area contributed by atoms with E-state index in [9.17, 15) is 4.79 Å². The summed E-state index contributed by atoms with van der Waals surface area (Å²) < 4.78 is 4.88. The summed E-state index contributed by atoms with van der Waals surface area (Å²) in [5.41, 5.74) is 1.41. The largest absolute Gasteiger partial charge is 0.535 e. The predicted octanol–water partition coefficient (Wildman–Crippen LogP) is 3.27. The molecule has 0 spiro atoms. The number of hydrogen-bond acceptors (Lipinski definition) is 5. The van der Waals surface area contributed by atoms with Gasteiger partial charge in [-0.25, -0.2) is 4.79 Å². The minimum atomic E-state index is -0.956. The minimum Gasteiger partial charge on any atom is -0.428 e. The average Bonchev–Trinajstić information content (AvgIpc) is 2.55. The number of ether oxygens (including phenoxy) is 1. The third-order valence-electron chi connectivity index (χ3n) is 2.56. The van der Waals surface area contributed by atoms with Crippen LogP contribution in [0.25, 0.3) is 0 Å². The number of oxime groups is 1. The van der Waals surface area contributed by atoms with Gasteiger partial charge in [0.25, 0.3) is 0 Å². The van der Waals surface area contributed by atoms with Crippen LogP contribution in [0.5, 0.6) is 0 Å². The van der Waals surface area contributed by atoms with E-state index in [1.54, 1.807) is 24.3 Å². The van der Waals surface area contributed by atoms with E-state index in [1.165, 1.54) is 0 Å². The molecule has 0 saturated carbocycles. The molecule has 0 fully saturated rings. The summed E-state index contributed by atoms with van der Waals surface area (Å²) in [5, 5.41) is 12.5. The third kappa shape index (κ3) is 4.48. The van der Waals surface area contributed by atoms with Gasteiger partial charge >= 0.3 is 6.16 Å². The van der Waals surface area contributed by atoms with E-state index in [2.05, 4.69) is 9.99 Å². The van der Waals surface area contributed by atoms with Gasteiger partial charge < -0.3 is 4.74 Å². The van der Waals surface area contributed by atoms with Gasteiger partial charge in [-0.1, -0.05) is 65.8 Å². The van der Waals surface area contributed by atoms with Gasteiger partial charge in [0.05, 0.1) is 0 Å². The Morgan fingerprint density at radius 2 is 1.67 bits per heavy atom. The first-order chi connectivity index (χ1) is 10.3. The second-order valence-electron chi connectivity index (χ2n) is 4.03. The first kappa shape index (κ1) is 14.3. The predicted molar refractivity (Wildman–Crippen MR) is 76.3 cm³/mol. The molecule has 0 unspecified atom stereocenters. The molecule has 0 radical (unpaired) electrons. The molecular formula is C16H12N2O3. The Hall–Kier alpha value is -3.13. The SMILES string of the molecule is N#CC(=NOC(=O)OCc1ccccc1)c1ccccc1. The molecule has 0 aliphatic carbocycles. The van der Waals surface area contributed by atoms with Crippen molar-refractivity contribution in [3.63, 3.8) is 0 Å². The van der Waals surface area contributed by atoms with Gasteiger partial charge in [-0.15, -0.1) is 0 Å². The van der Waals surface area contributed by atoms with Gasteiger partial charge in [-0.05, 0) is 5.56 Å². The molecular weight excluding hydrogens is 268 g/mol. The first-order valence-electron chi connectivity index (χ1n) is 6.21. The van der Waals surface area contributed by atoms with Crippen LogP contribution >= 0.6 is 0 Å². The van der Waals surface area contributed by atoms with Crippen molar-refractivity contribution in [2.75, 3.05) is 0 Å². The summed E-state index contributed by atoms with van der Waals surface area (Å²) in [6.07, 6.45) is -0.956. The van der Waals surface area contributed by atoms with Gasteiger partial charge in [0.1, 0.15) is 12.7 Å². The van der Waals surface area contributed by atoms with Crippen molar-refractivity contribution in [3.8, 4) is 6.07 Å². The Morgan fingerprint density at radius 3 is 2.29 bits per heavy atom. The van der Waals surface area contributed by atoms with Crippen LogP contribution in [0.15, 0.2) is 65.8 Å². The fraction of sp³-hybridized carbons (Fsp3) is 0.0625. The Labute approximate surface area is 122 Å². The lowest BCUT2D eigenvalue weighted by atomic mass is 10.1. The fourth-order valence-corrected chi connectivity index (χ4v) is 1.56. The van der Waals surface area contributed by atoms with Crippen molar-refractivity contribution in [3.05, 3.63) is 71.8 Å². The van der Waals surface area contributed by atoms with E-state index in [-0.39, 0.29) is 12.3 Å². The van der Waals surface area contributed by atoms with Crippen molar-refractivity contribution in [2.45, 2.75) is 6.61 Å². The first-order valence-corrected chi connectivity index (χ1v) is 6.21. The molecule has 0 atom stereocenters. The zero-order chi connectivity index (χ0) is 14.9. The highest BCUT2D eigenvalue weighted by Gasteiger charge is 2.07. The second-order valence-corrected chi connectivity index (χ2v) is 4.03. The lowest BCUT2D eigenvalue weighted by Gasteiger charge is -2.02. The number of hydrogen-bond donors (Lipinski definition) is 0. The molecule has 2 aromatic carbocycles. The maximum Gasteiger partial charge on any atom is 0.535 e. The molecule has 2 aromatic rings. The highest BCUT2D eigenvalue weighted by molar-refractivity contribution is 6.11. The van der Waals surface area contributed by atoms with Gasteiger partial charge in [-0.2, -0.15) is 5.26 Å². The fourth-order valence-electron chi connectivity index (χ4n) is 1.56. The van der Waals surface area contributed by atoms with Gasteiger partial charge in [0.2, 0.25) is 0 Å². The van der Waals surface area contributed by atoms with Crippen molar-refractivity contribution < 1.29 is 14.4 Å². The standard InChI is InChI=1S/C16H12N2O3/c17-11-15(14-9-5-2-6-10-14)18-21-16(19)20-12-13-7-3-1-4-8-13/h1-10H,12H2. The van der Waals surface area contributed by atoms with E-state index in [0.717, 1.165) is 5.56 Å². The molecule has 5 heteroatoms. The normalized spacial score (nSPS) is 10.5. The molecule has 0 aliphatic heterocycles. The Morgan fingerprint density at radius 1 is 1.05 bits per heavy atom. The summed E-state index contributed by atoms with van der Waals surface area (Å²) in [6.45, 7) is 0.0857. The molecule has 0 heterocycles. The highest BCUT2D eigenvalue weighted by Crippen LogP contribution is 2.04. The van der Waals surface area contributed by atoms with Crippen molar-refractivity contribution in [1.82, 2.24) is 0 Å². The van der Waals surface area contributed by atoms with E-state index in [1.807, 2.05) is 42.5 Å². The van der Waals surface area contributed by atoms with E-state index in [4.69, 9.17) is 10.00 Å². The lowest BCUT2D eigenvalue weighted by Crippen LogP contribution is -2.06. The molecule has 2 rings (SSSR count). The number of nitrogens with zero attached hydrogens (tertiary/aromatic N) is 2. The smallest absolute Gasteiger partial charge is 0.428 e. The van der Waals surface area contributed by atoms with Crippen molar-refractivity contribution >= 4 is 11.9 Å². The van der Waals surface area contributed by atoms with Gasteiger partial charge in [0, 0.05) is 5.56 Å². The number of nitriles is 1. The Balaban J connectivity index is 1.90. The summed E-state index contributed by atoms with van der Waals surface area (Å²) in [7, 11) is 0. The Bertz CT molecular complexity index is 661. The topological polar surface area (TPSA) is 71.7 Å². The van der Waals surface area contributed by atoms with Crippen LogP contribution in [-0.2, 0) is 16.2 Å². The lowest BCUT2D eigenvalue weighted by molar-refractivity contribution is 0.0521. The van der Waals surface area contributed by atoms with Crippen LogP contribution in [0.1, 0.15) is 11.1 Å². The van der Waals surface area contributed by atoms with Crippen LogP contribution in [0, 0.1) is 11.3 Å². The zero-order valence-electron chi connectivity index (χ0n) is 11.1. The van der Waals surface area contributed by atoms with Crippen molar-refractivity contribution in [2.24, 2.45) is 5.16 Å². The second kappa shape index (κ2) is 7.46. The molecule has 0 N–H and O–H groups in total. The van der Waals surface area contributed by atoms with E-state index < -0.39 is 6.16 Å². The van der Waals surface area contributed by atoms with Gasteiger partial charge in [0.15, 0.2) is 5.71 Å². The number of rotatable bonds is 4. The summed E-state index contributed by atoms with van der Waals surface area (Å²) >= 11 is 0. The number of carbonyl (C=O) groups is 1. The summed E-state index contributed by atoms with van der Waals surface area (Å²) in [5.74, 6) is 0. The maximum atomic E-state index is 11.4. The van der Waals surface area contributed by atoms with Crippen LogP contribution in [0.2, 0.25) is 0 Å². The number of carbonyl (C=O) groups excluding carboxylic acids is 1. The zero-order valence-corrected chi connectivity index (χ0v) is 11.1. The molecule has 0 aromatic heterocycles. The summed E-state index contributed by atoms with van der Waals surface area (Å²) in [6, 6.07) is 19.8. The molecule has 5 nitrogen and oxygen atoms in total. The molecule has 0 amide bonds. The van der Waals surface area contributed by atoms with Crippen LogP contribution in [0.4, 0.5) is 4.79 Å². The molecule has 0 saturated heterocycles. The highest BCUT2D eigenvalue weighted by atomic mass is 16.8. The summed E-state index contributed by atoms with van der Waals surface area (Å²) in [4.78, 5) is 16.0. The Kier molecular flexibility index (Phi) is 5.07. The van der Waals surface area contributed by atoms with Crippen LogP contribution in [-0.4, -0.2) is 11.9 Å². The van der Waals surface area contributed by atoms with E-state index in [0.29, 0.717) is 5.56 Å². The monoisotopic (exact) mass is 280 g/mol. The number of benzene rings is 2. The molecule has 0 bridgehead atoms. The van der Waals surface area contributed by atoms with Crippen LogP contribution < -0.4 is 0 Å². The maximum absolute atomic E-state index is 11.4. The molecule has 0 aliphatic rings. The van der Waals surface area contributed by atoms with Gasteiger partial charge in [-0.3, -0.25) is 4.84 Å². The average molecular weight is 280 g/mol. The van der Waals surface area contributed by atoms with Crippen molar-refractivity contribution in [1.29, 1.82) is 5.26 Å². The molecule has 21 heavy (non-hydrogen) atoms. The van der Waals surface area contributed by atoms with Crippen LogP contribution in [0.3, 0.4) is 0 Å².